The molecule has 0 aromatic carbocycles. The number of carbonyl (C=O) groups excluding carboxylic acids is 2. The molecular weight excluding hydrogens is 404 g/mol. The molecule has 3 N–H and O–H groups in total. The number of rotatable bonds is 6. The highest BCUT2D eigenvalue weighted by Crippen LogP contribution is 2.40. The summed E-state index contributed by atoms with van der Waals surface area (Å²) >= 11 is 4.03. The Morgan fingerprint density at radius 1 is 1.41 bits per heavy atom. The number of nitrogens with one attached hydrogen (secondary N) is 1. The zero-order valence-electron chi connectivity index (χ0n) is 15.4. The predicted octanol–water partition coefficient (Wildman–Crippen LogP) is 3.60. The van der Waals surface area contributed by atoms with Gasteiger partial charge in [-0.15, -0.1) is 21.5 Å². The molecule has 1 aliphatic rings. The Morgan fingerprint density at radius 3 is 2.85 bits per heavy atom. The van der Waals surface area contributed by atoms with Gasteiger partial charge in [0.05, 0.1) is 17.4 Å². The highest BCUT2D eigenvalue weighted by atomic mass is 32.2. The van der Waals surface area contributed by atoms with Crippen LogP contribution in [0.15, 0.2) is 4.34 Å². The van der Waals surface area contributed by atoms with Crippen LogP contribution in [0.3, 0.4) is 0 Å². The predicted molar refractivity (Wildman–Crippen MR) is 110 cm³/mol. The second-order valence-corrected chi connectivity index (χ2v) is 10.1. The topological polar surface area (TPSA) is 107 Å². The maximum Gasteiger partial charge on any atom is 0.341 e. The third kappa shape index (κ3) is 4.61. The van der Waals surface area contributed by atoms with Crippen molar-refractivity contribution in [1.82, 2.24) is 10.2 Å². The van der Waals surface area contributed by atoms with Crippen LogP contribution in [0.4, 0.5) is 10.1 Å². The SMILES string of the molecule is CCOC(=O)c1c(NC(=O)[C@@H](C)Sc2nnc(N)s2)sc2c1CC[C@H](C)C2. The van der Waals surface area contributed by atoms with Gasteiger partial charge in [-0.1, -0.05) is 30.0 Å². The fourth-order valence-corrected chi connectivity index (χ4v) is 6.13. The first-order chi connectivity index (χ1) is 12.9. The van der Waals surface area contributed by atoms with Crippen molar-refractivity contribution in [1.29, 1.82) is 0 Å². The summed E-state index contributed by atoms with van der Waals surface area (Å²) in [7, 11) is 0. The molecule has 0 bridgehead atoms. The zero-order chi connectivity index (χ0) is 19.6. The van der Waals surface area contributed by atoms with Gasteiger partial charge in [-0.25, -0.2) is 4.79 Å². The van der Waals surface area contributed by atoms with Crippen LogP contribution in [-0.4, -0.2) is 33.9 Å². The maximum atomic E-state index is 12.7. The van der Waals surface area contributed by atoms with Crippen LogP contribution in [0.25, 0.3) is 0 Å². The van der Waals surface area contributed by atoms with Crippen molar-refractivity contribution in [3.63, 3.8) is 0 Å². The summed E-state index contributed by atoms with van der Waals surface area (Å²) in [6.07, 6.45) is 2.80. The molecule has 1 amide bonds. The van der Waals surface area contributed by atoms with E-state index in [-0.39, 0.29) is 11.9 Å². The number of hydrogen-bond acceptors (Lipinski definition) is 9. The molecule has 2 aromatic rings. The van der Waals surface area contributed by atoms with Crippen molar-refractivity contribution in [2.45, 2.75) is 49.6 Å². The summed E-state index contributed by atoms with van der Waals surface area (Å²) in [5.41, 5.74) is 7.14. The lowest BCUT2D eigenvalue weighted by atomic mass is 9.88. The zero-order valence-corrected chi connectivity index (χ0v) is 17.9. The number of thiophene rings is 1. The molecule has 0 radical (unpaired) electrons. The molecule has 7 nitrogen and oxygen atoms in total. The van der Waals surface area contributed by atoms with Crippen LogP contribution in [0.1, 0.15) is 48.0 Å². The Hall–Kier alpha value is -1.65. The van der Waals surface area contributed by atoms with Crippen LogP contribution < -0.4 is 11.1 Å². The third-order valence-corrected chi connectivity index (χ3v) is 7.40. The molecule has 146 valence electrons. The average molecular weight is 427 g/mol. The first-order valence-corrected chi connectivity index (χ1v) is 11.3. The van der Waals surface area contributed by atoms with Gasteiger partial charge in [0, 0.05) is 4.88 Å². The number of fused-ring (bicyclic) bond motifs is 1. The van der Waals surface area contributed by atoms with Gasteiger partial charge in [-0.05, 0) is 44.6 Å². The quantitative estimate of drug-likeness (QED) is 0.537. The summed E-state index contributed by atoms with van der Waals surface area (Å²) in [6.45, 7) is 6.08. The van der Waals surface area contributed by atoms with E-state index < -0.39 is 5.25 Å². The van der Waals surface area contributed by atoms with Crippen molar-refractivity contribution in [2.24, 2.45) is 5.92 Å². The molecule has 2 aromatic heterocycles. The van der Waals surface area contributed by atoms with Crippen LogP contribution >= 0.6 is 34.4 Å². The van der Waals surface area contributed by atoms with Gasteiger partial charge in [-0.3, -0.25) is 4.79 Å². The largest absolute Gasteiger partial charge is 0.462 e. The van der Waals surface area contributed by atoms with Crippen LogP contribution in [0.2, 0.25) is 0 Å². The summed E-state index contributed by atoms with van der Waals surface area (Å²) in [4.78, 5) is 26.4. The van der Waals surface area contributed by atoms with Gasteiger partial charge in [0.2, 0.25) is 11.0 Å². The van der Waals surface area contributed by atoms with Crippen molar-refractivity contribution in [2.75, 3.05) is 17.7 Å². The summed E-state index contributed by atoms with van der Waals surface area (Å²) in [5, 5.41) is 11.2. The number of hydrogen-bond donors (Lipinski definition) is 2. The Kier molecular flexibility index (Phi) is 6.38. The van der Waals surface area contributed by atoms with E-state index in [2.05, 4.69) is 22.4 Å². The van der Waals surface area contributed by atoms with E-state index in [1.165, 1.54) is 39.3 Å². The van der Waals surface area contributed by atoms with Gasteiger partial charge in [-0.2, -0.15) is 0 Å². The van der Waals surface area contributed by atoms with E-state index in [1.54, 1.807) is 13.8 Å². The molecule has 0 saturated carbocycles. The van der Waals surface area contributed by atoms with Crippen molar-refractivity contribution >= 4 is 56.4 Å². The monoisotopic (exact) mass is 426 g/mol. The Labute approximate surface area is 170 Å². The minimum Gasteiger partial charge on any atom is -0.462 e. The van der Waals surface area contributed by atoms with Gasteiger partial charge in [0.1, 0.15) is 5.00 Å². The first kappa shape index (κ1) is 20.1. The molecule has 0 fully saturated rings. The van der Waals surface area contributed by atoms with Gasteiger partial charge < -0.3 is 15.8 Å². The molecule has 0 spiro atoms. The third-order valence-electron chi connectivity index (χ3n) is 4.30. The second-order valence-electron chi connectivity index (χ2n) is 6.43. The Morgan fingerprint density at radius 2 is 2.19 bits per heavy atom. The Bertz CT molecular complexity index is 849. The number of nitrogen functional groups attached to an aromatic ring is 1. The van der Waals surface area contributed by atoms with Gasteiger partial charge in [0.15, 0.2) is 4.34 Å². The lowest BCUT2D eigenvalue weighted by Crippen LogP contribution is -2.23. The van der Waals surface area contributed by atoms with E-state index in [0.717, 1.165) is 24.8 Å². The van der Waals surface area contributed by atoms with Crippen LogP contribution in [-0.2, 0) is 22.4 Å². The lowest BCUT2D eigenvalue weighted by Gasteiger charge is -2.18. The smallest absolute Gasteiger partial charge is 0.341 e. The summed E-state index contributed by atoms with van der Waals surface area (Å²) in [5.74, 6) is 0.0232. The molecule has 27 heavy (non-hydrogen) atoms. The molecular formula is C17H22N4O3S3. The van der Waals surface area contributed by atoms with Gasteiger partial charge >= 0.3 is 5.97 Å². The number of ether oxygens (including phenoxy) is 1. The molecule has 10 heteroatoms. The van der Waals surface area contributed by atoms with Crippen LogP contribution in [0, 0.1) is 5.92 Å². The molecule has 0 saturated heterocycles. The number of carbonyl (C=O) groups is 2. The fourth-order valence-electron chi connectivity index (χ4n) is 2.94. The maximum absolute atomic E-state index is 12.7. The minimum absolute atomic E-state index is 0.189. The van der Waals surface area contributed by atoms with Crippen molar-refractivity contribution < 1.29 is 14.3 Å². The van der Waals surface area contributed by atoms with Gasteiger partial charge in [0.25, 0.3) is 0 Å². The summed E-state index contributed by atoms with van der Waals surface area (Å²) < 4.78 is 5.88. The van der Waals surface area contributed by atoms with E-state index in [0.29, 0.717) is 32.6 Å². The molecule has 0 unspecified atom stereocenters. The van der Waals surface area contributed by atoms with E-state index in [4.69, 9.17) is 10.5 Å². The standard InChI is InChI=1S/C17H22N4O3S3/c1-4-24-15(23)12-10-6-5-8(2)7-11(10)26-14(12)19-13(22)9(3)25-17-21-20-16(18)27-17/h8-9H,4-7H2,1-3H3,(H2,18,20)(H,19,22)/t8-,9+/m0/s1. The molecule has 0 aliphatic heterocycles. The van der Waals surface area contributed by atoms with Crippen LogP contribution in [0.5, 0.6) is 0 Å². The van der Waals surface area contributed by atoms with Crippen molar-refractivity contribution in [3.8, 4) is 0 Å². The number of anilines is 2. The average Bonchev–Trinajstić information content (AvgIpc) is 3.17. The molecule has 1 aliphatic carbocycles. The lowest BCUT2D eigenvalue weighted by molar-refractivity contribution is -0.115. The molecule has 3 rings (SSSR count). The molecule has 2 heterocycles. The normalized spacial score (nSPS) is 17.2. The highest BCUT2D eigenvalue weighted by Gasteiger charge is 2.30. The van der Waals surface area contributed by atoms with E-state index in [1.807, 2.05) is 0 Å². The Balaban J connectivity index is 1.80. The summed E-state index contributed by atoms with van der Waals surface area (Å²) in [6, 6.07) is 0. The number of nitrogens with two attached hydrogens (primary N) is 1. The van der Waals surface area contributed by atoms with E-state index in [9.17, 15) is 9.59 Å². The fraction of sp³-hybridized carbons (Fsp3) is 0.529. The number of esters is 1. The highest BCUT2D eigenvalue weighted by molar-refractivity contribution is 8.02. The minimum atomic E-state index is -0.398. The first-order valence-electron chi connectivity index (χ1n) is 8.77. The second kappa shape index (κ2) is 8.57. The molecule has 2 atom stereocenters. The number of thioether (sulfide) groups is 1. The number of nitrogens with zero attached hydrogens (tertiary/aromatic N) is 2. The van der Waals surface area contributed by atoms with E-state index >= 15 is 0 Å². The number of aromatic nitrogens is 2. The number of amides is 1. The van der Waals surface area contributed by atoms with Crippen molar-refractivity contribution in [3.05, 3.63) is 16.0 Å².